The Kier molecular flexibility index (Phi) is 7.14. The number of nitrogens with two attached hydrogens (primary N) is 2. The van der Waals surface area contributed by atoms with Crippen LogP contribution in [0.3, 0.4) is 0 Å². The maximum Gasteiger partial charge on any atom is 0.330 e. The van der Waals surface area contributed by atoms with Crippen molar-refractivity contribution in [3.63, 3.8) is 0 Å². The Morgan fingerprint density at radius 1 is 1.28 bits per heavy atom. The molecule has 2 unspecified atom stereocenters. The molecule has 0 heterocycles. The topological polar surface area (TPSA) is 133 Å². The summed E-state index contributed by atoms with van der Waals surface area (Å²) in [6.07, 6.45) is 0.376. The number of hydrogen-bond acceptors (Lipinski definition) is 6. The predicted octanol–water partition coefficient (Wildman–Crippen LogP) is -0.378. The van der Waals surface area contributed by atoms with Crippen LogP contribution in [0.1, 0.15) is 33.1 Å². The van der Waals surface area contributed by atoms with Gasteiger partial charge in [-0.05, 0) is 12.3 Å². The van der Waals surface area contributed by atoms with Gasteiger partial charge in [0.05, 0.1) is 0 Å². The van der Waals surface area contributed by atoms with Crippen LogP contribution in [-0.4, -0.2) is 35.1 Å². The molecule has 0 spiro atoms. The van der Waals surface area contributed by atoms with E-state index in [2.05, 4.69) is 4.74 Å². The highest BCUT2D eigenvalue weighted by Crippen LogP contribution is 2.07. The van der Waals surface area contributed by atoms with Gasteiger partial charge >= 0.3 is 17.9 Å². The van der Waals surface area contributed by atoms with Crippen molar-refractivity contribution in [3.8, 4) is 0 Å². The second-order valence-electron chi connectivity index (χ2n) is 4.19. The highest BCUT2D eigenvalue weighted by Gasteiger charge is 2.24. The average molecular weight is 260 g/mol. The van der Waals surface area contributed by atoms with Crippen LogP contribution in [0.4, 0.5) is 0 Å². The van der Waals surface area contributed by atoms with Gasteiger partial charge in [0.15, 0.2) is 0 Å². The van der Waals surface area contributed by atoms with Crippen LogP contribution in [-0.2, 0) is 19.1 Å². The van der Waals surface area contributed by atoms with Crippen molar-refractivity contribution in [2.24, 2.45) is 17.4 Å². The lowest BCUT2D eigenvalue weighted by Gasteiger charge is -2.16. The van der Waals surface area contributed by atoms with E-state index in [0.29, 0.717) is 6.42 Å². The van der Waals surface area contributed by atoms with Crippen molar-refractivity contribution in [1.82, 2.24) is 0 Å². The molecule has 0 aliphatic heterocycles. The normalized spacial score (nSPS) is 15.6. The van der Waals surface area contributed by atoms with Crippen molar-refractivity contribution in [3.05, 3.63) is 0 Å². The quantitative estimate of drug-likeness (QED) is 0.419. The minimum Gasteiger partial charge on any atom is -0.480 e. The van der Waals surface area contributed by atoms with Crippen LogP contribution >= 0.6 is 0 Å². The number of carbonyl (C=O) groups excluding carboxylic acids is 2. The lowest BCUT2D eigenvalue weighted by atomic mass is 10.0. The summed E-state index contributed by atoms with van der Waals surface area (Å²) in [4.78, 5) is 33.1. The van der Waals surface area contributed by atoms with Gasteiger partial charge in [0.25, 0.3) is 0 Å². The Labute approximate surface area is 105 Å². The Balaban J connectivity index is 4.09. The fourth-order valence-corrected chi connectivity index (χ4v) is 1.11. The minimum absolute atomic E-state index is 0.0833. The maximum absolute atomic E-state index is 11.4. The zero-order valence-electron chi connectivity index (χ0n) is 10.6. The van der Waals surface area contributed by atoms with E-state index in [1.807, 2.05) is 6.92 Å². The number of ether oxygens (including phenoxy) is 1. The van der Waals surface area contributed by atoms with Gasteiger partial charge < -0.3 is 21.3 Å². The third kappa shape index (κ3) is 5.74. The summed E-state index contributed by atoms with van der Waals surface area (Å²) in [5.74, 6) is -2.90. The molecule has 0 aromatic heterocycles. The van der Waals surface area contributed by atoms with Gasteiger partial charge in [-0.1, -0.05) is 20.3 Å². The highest BCUT2D eigenvalue weighted by atomic mass is 16.6. The average Bonchev–Trinajstić information content (AvgIpc) is 2.33. The molecule has 0 aromatic carbocycles. The molecule has 0 radical (unpaired) electrons. The number of carboxylic acids is 1. The molecular weight excluding hydrogens is 240 g/mol. The summed E-state index contributed by atoms with van der Waals surface area (Å²) in [6, 6.07) is -2.00. The number of carboxylic acid groups (broad SMARTS) is 1. The first-order chi connectivity index (χ1) is 8.29. The summed E-state index contributed by atoms with van der Waals surface area (Å²) >= 11 is 0. The van der Waals surface area contributed by atoms with Crippen molar-refractivity contribution in [1.29, 1.82) is 0 Å². The fraction of sp³-hybridized carbons (Fsp3) is 0.727. The van der Waals surface area contributed by atoms with E-state index < -0.39 is 30.0 Å². The maximum atomic E-state index is 11.4. The van der Waals surface area contributed by atoms with Crippen LogP contribution in [0.2, 0.25) is 0 Å². The molecule has 0 aromatic rings. The van der Waals surface area contributed by atoms with E-state index >= 15 is 0 Å². The molecule has 18 heavy (non-hydrogen) atoms. The number of esters is 2. The number of hydrogen-bond donors (Lipinski definition) is 3. The minimum atomic E-state index is -1.20. The van der Waals surface area contributed by atoms with E-state index in [1.165, 1.54) is 0 Å². The molecule has 0 aliphatic rings. The smallest absolute Gasteiger partial charge is 0.330 e. The monoisotopic (exact) mass is 260 g/mol. The summed E-state index contributed by atoms with van der Waals surface area (Å²) in [6.45, 7) is 3.64. The van der Waals surface area contributed by atoms with Crippen LogP contribution in [0.5, 0.6) is 0 Å². The Bertz CT molecular complexity index is 319. The van der Waals surface area contributed by atoms with Crippen molar-refractivity contribution in [2.45, 2.75) is 45.2 Å². The number of rotatable bonds is 7. The van der Waals surface area contributed by atoms with Crippen LogP contribution in [0, 0.1) is 5.92 Å². The summed E-state index contributed by atoms with van der Waals surface area (Å²) in [7, 11) is 0. The highest BCUT2D eigenvalue weighted by molar-refractivity contribution is 5.88. The Morgan fingerprint density at radius 2 is 1.83 bits per heavy atom. The molecule has 0 amide bonds. The molecule has 3 atom stereocenters. The summed E-state index contributed by atoms with van der Waals surface area (Å²) in [5, 5.41) is 8.51. The molecule has 5 N–H and O–H groups in total. The largest absolute Gasteiger partial charge is 0.480 e. The predicted molar refractivity (Wildman–Crippen MR) is 63.4 cm³/mol. The first kappa shape index (κ1) is 16.5. The molecule has 0 rings (SSSR count). The SMILES string of the molecule is CCC(C)C(N)C(=O)OC(=O)CC[C@H](N)C(=O)O. The lowest BCUT2D eigenvalue weighted by molar-refractivity contribution is -0.161. The van der Waals surface area contributed by atoms with E-state index in [4.69, 9.17) is 16.6 Å². The van der Waals surface area contributed by atoms with Crippen molar-refractivity contribution >= 4 is 17.9 Å². The van der Waals surface area contributed by atoms with E-state index in [9.17, 15) is 14.4 Å². The van der Waals surface area contributed by atoms with Crippen LogP contribution in [0.15, 0.2) is 0 Å². The first-order valence-corrected chi connectivity index (χ1v) is 5.78. The molecule has 0 saturated carbocycles. The van der Waals surface area contributed by atoms with Gasteiger partial charge in [-0.2, -0.15) is 0 Å². The molecule has 0 saturated heterocycles. The zero-order chi connectivity index (χ0) is 14.3. The van der Waals surface area contributed by atoms with E-state index in [1.54, 1.807) is 6.92 Å². The van der Waals surface area contributed by atoms with Crippen molar-refractivity contribution < 1.29 is 24.2 Å². The molecule has 7 heteroatoms. The molecule has 0 bridgehead atoms. The molecule has 0 aliphatic carbocycles. The second kappa shape index (κ2) is 7.78. The second-order valence-corrected chi connectivity index (χ2v) is 4.19. The van der Waals surface area contributed by atoms with Gasteiger partial charge in [0.1, 0.15) is 12.1 Å². The third-order valence-electron chi connectivity index (χ3n) is 2.72. The van der Waals surface area contributed by atoms with Gasteiger partial charge in [-0.15, -0.1) is 0 Å². The van der Waals surface area contributed by atoms with Gasteiger partial charge in [0.2, 0.25) is 0 Å². The summed E-state index contributed by atoms with van der Waals surface area (Å²) in [5.41, 5.74) is 10.8. The van der Waals surface area contributed by atoms with Gasteiger partial charge in [0, 0.05) is 6.42 Å². The van der Waals surface area contributed by atoms with Crippen LogP contribution < -0.4 is 11.5 Å². The lowest BCUT2D eigenvalue weighted by Crippen LogP contribution is -2.39. The van der Waals surface area contributed by atoms with E-state index in [0.717, 1.165) is 0 Å². The Morgan fingerprint density at radius 3 is 2.28 bits per heavy atom. The standard InChI is InChI=1S/C11H20N2O5/c1-3-6(2)9(13)11(17)18-8(14)5-4-7(12)10(15)16/h6-7,9H,3-5,12-13H2,1-2H3,(H,15,16)/t6?,7-,9?/m0/s1. The Hall–Kier alpha value is -1.47. The molecular formula is C11H20N2O5. The van der Waals surface area contributed by atoms with E-state index in [-0.39, 0.29) is 18.8 Å². The van der Waals surface area contributed by atoms with Gasteiger partial charge in [-0.3, -0.25) is 9.59 Å². The summed E-state index contributed by atoms with van der Waals surface area (Å²) < 4.78 is 4.51. The molecule has 104 valence electrons. The van der Waals surface area contributed by atoms with Gasteiger partial charge in [-0.25, -0.2) is 4.79 Å². The van der Waals surface area contributed by atoms with Crippen LogP contribution in [0.25, 0.3) is 0 Å². The third-order valence-corrected chi connectivity index (χ3v) is 2.72. The van der Waals surface area contributed by atoms with Crippen molar-refractivity contribution in [2.75, 3.05) is 0 Å². The number of carbonyl (C=O) groups is 3. The first-order valence-electron chi connectivity index (χ1n) is 5.78. The zero-order valence-corrected chi connectivity index (χ0v) is 10.6. The number of aliphatic carboxylic acids is 1. The molecule has 0 fully saturated rings. The molecule has 7 nitrogen and oxygen atoms in total. The fourth-order valence-electron chi connectivity index (χ4n) is 1.11.